The van der Waals surface area contributed by atoms with Gasteiger partial charge in [0.25, 0.3) is 5.56 Å². The van der Waals surface area contributed by atoms with Crippen LogP contribution >= 0.6 is 0 Å². The van der Waals surface area contributed by atoms with Crippen molar-refractivity contribution < 1.29 is 18.7 Å². The normalized spacial score (nSPS) is 14.8. The predicted molar refractivity (Wildman–Crippen MR) is 171 cm³/mol. The average Bonchev–Trinajstić information content (AvgIpc) is 3.48. The zero-order valence-corrected chi connectivity index (χ0v) is 26.4. The molecular weight excluding hydrogens is 558 g/mol. The lowest BCUT2D eigenvalue weighted by Gasteiger charge is -2.27. The number of nitrogens with zero attached hydrogens (tertiary/aromatic N) is 5. The Balaban J connectivity index is 1.27. The van der Waals surface area contributed by atoms with Crippen LogP contribution in [0.25, 0.3) is 11.0 Å². The minimum Gasteiger partial charge on any atom is -0.493 e. The second-order valence-electron chi connectivity index (χ2n) is 11.9. The van der Waals surface area contributed by atoms with E-state index in [0.29, 0.717) is 60.9 Å². The molecule has 0 atom stereocenters. The molecule has 0 saturated carbocycles. The van der Waals surface area contributed by atoms with Gasteiger partial charge in [0.1, 0.15) is 16.7 Å². The summed E-state index contributed by atoms with van der Waals surface area (Å²) in [6.07, 6.45) is 4.06. The number of anilines is 2. The van der Waals surface area contributed by atoms with Crippen molar-refractivity contribution in [1.29, 1.82) is 0 Å². The lowest BCUT2D eigenvalue weighted by Crippen LogP contribution is -2.47. The summed E-state index contributed by atoms with van der Waals surface area (Å²) >= 11 is 0. The number of fused-ring (bicyclic) bond motifs is 2. The molecule has 1 aliphatic heterocycles. The molecule has 0 spiro atoms. The lowest BCUT2D eigenvalue weighted by atomic mass is 9.90. The number of ether oxygens (including phenoxy) is 1. The molecule has 0 bridgehead atoms. The smallest absolute Gasteiger partial charge is 0.261 e. The number of rotatable bonds is 11. The summed E-state index contributed by atoms with van der Waals surface area (Å²) in [4.78, 5) is 49.4. The third kappa shape index (κ3) is 6.12. The Morgan fingerprint density at radius 3 is 2.52 bits per heavy atom. The maximum Gasteiger partial charge on any atom is 0.261 e. The van der Waals surface area contributed by atoms with Crippen molar-refractivity contribution in [1.82, 2.24) is 14.5 Å². The van der Waals surface area contributed by atoms with Gasteiger partial charge in [-0.1, -0.05) is 6.07 Å². The van der Waals surface area contributed by atoms with E-state index in [1.807, 2.05) is 51.1 Å². The highest BCUT2D eigenvalue weighted by molar-refractivity contribution is 6.20. The number of hydrogen-bond donors (Lipinski definition) is 0. The van der Waals surface area contributed by atoms with Crippen molar-refractivity contribution in [2.75, 3.05) is 43.1 Å². The molecule has 0 saturated heterocycles. The Morgan fingerprint density at radius 1 is 0.977 bits per heavy atom. The van der Waals surface area contributed by atoms with Crippen LogP contribution in [0.5, 0.6) is 5.75 Å². The monoisotopic (exact) mass is 599 g/mol. The van der Waals surface area contributed by atoms with Gasteiger partial charge < -0.3 is 23.5 Å². The maximum atomic E-state index is 13.2. The fraction of sp³-hybridized carbons (Fsp3) is 0.412. The SMILES string of the molecule is CCN1C(=O)C(C)(C)C(=O)N(C)c2cc(OCCCN(CCn3ccc4occc4c3=O)Cc3ccc(C)nc3C)ccc21. The van der Waals surface area contributed by atoms with Crippen molar-refractivity contribution in [2.24, 2.45) is 5.41 Å². The molecule has 4 heterocycles. The first-order valence-electron chi connectivity index (χ1n) is 15.1. The maximum absolute atomic E-state index is 13.2. The second-order valence-corrected chi connectivity index (χ2v) is 11.9. The van der Waals surface area contributed by atoms with Gasteiger partial charge in [0.05, 0.1) is 29.6 Å². The molecule has 10 nitrogen and oxygen atoms in total. The van der Waals surface area contributed by atoms with Crippen LogP contribution in [0.2, 0.25) is 0 Å². The Labute approximate surface area is 257 Å². The van der Waals surface area contributed by atoms with E-state index in [1.165, 1.54) is 6.26 Å². The van der Waals surface area contributed by atoms with Crippen molar-refractivity contribution in [3.05, 3.63) is 82.2 Å². The first kappa shape index (κ1) is 31.0. The van der Waals surface area contributed by atoms with E-state index in [4.69, 9.17) is 9.15 Å². The van der Waals surface area contributed by atoms with Crippen LogP contribution in [0.4, 0.5) is 11.4 Å². The Kier molecular flexibility index (Phi) is 8.92. The van der Waals surface area contributed by atoms with Crippen LogP contribution < -0.4 is 20.1 Å². The van der Waals surface area contributed by atoms with Crippen LogP contribution in [-0.2, 0) is 22.7 Å². The van der Waals surface area contributed by atoms with Crippen molar-refractivity contribution in [2.45, 2.75) is 54.1 Å². The number of carbonyl (C=O) groups is 2. The number of pyridine rings is 2. The molecule has 0 fully saturated rings. The van der Waals surface area contributed by atoms with Gasteiger partial charge in [-0.2, -0.15) is 0 Å². The molecule has 232 valence electrons. The molecule has 0 aliphatic carbocycles. The molecule has 5 rings (SSSR count). The van der Waals surface area contributed by atoms with Crippen molar-refractivity contribution >= 4 is 34.2 Å². The molecule has 0 radical (unpaired) electrons. The molecule has 4 aromatic rings. The number of amides is 2. The summed E-state index contributed by atoms with van der Waals surface area (Å²) in [5.74, 6) is 0.173. The third-order valence-electron chi connectivity index (χ3n) is 8.40. The standard InChI is InChI=1S/C34H41N5O5/c1-7-39-28-12-11-26(21-29(28)36(6)32(41)34(4,5)33(39)42)43-19-8-15-37(22-25-10-9-23(2)35-24(25)3)17-18-38-16-13-30-27(31(38)40)14-20-44-30/h9-14,16,20-21H,7-8,15,17-19,22H2,1-6H3. The van der Waals surface area contributed by atoms with E-state index in [1.54, 1.807) is 47.5 Å². The molecule has 1 aromatic carbocycles. The molecule has 10 heteroatoms. The predicted octanol–water partition coefficient (Wildman–Crippen LogP) is 4.93. The van der Waals surface area contributed by atoms with Gasteiger partial charge >= 0.3 is 0 Å². The minimum absolute atomic E-state index is 0.0638. The lowest BCUT2D eigenvalue weighted by molar-refractivity contribution is -0.137. The summed E-state index contributed by atoms with van der Waals surface area (Å²) in [5, 5.41) is 0.578. The zero-order chi connectivity index (χ0) is 31.6. The third-order valence-corrected chi connectivity index (χ3v) is 8.40. The quantitative estimate of drug-likeness (QED) is 0.178. The van der Waals surface area contributed by atoms with Gasteiger partial charge in [0.2, 0.25) is 11.8 Å². The van der Waals surface area contributed by atoms with Gasteiger partial charge in [-0.15, -0.1) is 0 Å². The van der Waals surface area contributed by atoms with Gasteiger partial charge in [-0.05, 0) is 76.9 Å². The molecular formula is C34H41N5O5. The summed E-state index contributed by atoms with van der Waals surface area (Å²) < 4.78 is 13.3. The van der Waals surface area contributed by atoms with E-state index >= 15 is 0 Å². The largest absolute Gasteiger partial charge is 0.493 e. The molecule has 44 heavy (non-hydrogen) atoms. The van der Waals surface area contributed by atoms with Crippen LogP contribution in [0.15, 0.2) is 64.1 Å². The van der Waals surface area contributed by atoms with E-state index in [2.05, 4.69) is 16.0 Å². The summed E-state index contributed by atoms with van der Waals surface area (Å²) in [5.41, 5.74) is 3.84. The van der Waals surface area contributed by atoms with Crippen LogP contribution in [-0.4, -0.2) is 59.6 Å². The molecule has 0 unspecified atom stereocenters. The number of aromatic nitrogens is 2. The second kappa shape index (κ2) is 12.7. The number of aryl methyl sites for hydroxylation is 2. The van der Waals surface area contributed by atoms with E-state index < -0.39 is 5.41 Å². The number of furan rings is 1. The summed E-state index contributed by atoms with van der Waals surface area (Å²) in [6.45, 7) is 12.8. The van der Waals surface area contributed by atoms with Gasteiger partial charge in [0, 0.05) is 63.4 Å². The topological polar surface area (TPSA) is 101 Å². The first-order valence-corrected chi connectivity index (χ1v) is 15.1. The van der Waals surface area contributed by atoms with Gasteiger partial charge in [-0.25, -0.2) is 0 Å². The van der Waals surface area contributed by atoms with E-state index in [-0.39, 0.29) is 17.4 Å². The minimum atomic E-state index is -1.16. The Hall–Kier alpha value is -4.44. The average molecular weight is 600 g/mol. The highest BCUT2D eigenvalue weighted by Crippen LogP contribution is 2.40. The van der Waals surface area contributed by atoms with Gasteiger partial charge in [-0.3, -0.25) is 24.3 Å². The highest BCUT2D eigenvalue weighted by atomic mass is 16.5. The summed E-state index contributed by atoms with van der Waals surface area (Å²) in [7, 11) is 1.70. The number of hydrogen-bond acceptors (Lipinski definition) is 7. The molecule has 3 aromatic heterocycles. The Morgan fingerprint density at radius 2 is 1.77 bits per heavy atom. The highest BCUT2D eigenvalue weighted by Gasteiger charge is 2.45. The van der Waals surface area contributed by atoms with Crippen LogP contribution in [0, 0.1) is 19.3 Å². The number of benzene rings is 1. The molecule has 0 N–H and O–H groups in total. The fourth-order valence-electron chi connectivity index (χ4n) is 5.77. The molecule has 2 amide bonds. The van der Waals surface area contributed by atoms with E-state index in [9.17, 15) is 14.4 Å². The van der Waals surface area contributed by atoms with Crippen LogP contribution in [0.1, 0.15) is 44.1 Å². The van der Waals surface area contributed by atoms with Crippen LogP contribution in [0.3, 0.4) is 0 Å². The Bertz CT molecular complexity index is 1740. The first-order chi connectivity index (χ1) is 21.0. The zero-order valence-electron chi connectivity index (χ0n) is 26.4. The van der Waals surface area contributed by atoms with Crippen molar-refractivity contribution in [3.63, 3.8) is 0 Å². The van der Waals surface area contributed by atoms with Gasteiger partial charge in [0.15, 0.2) is 0 Å². The van der Waals surface area contributed by atoms with E-state index in [0.717, 1.165) is 29.9 Å². The fourth-order valence-corrected chi connectivity index (χ4v) is 5.77. The number of carbonyl (C=O) groups excluding carboxylic acids is 2. The molecule has 1 aliphatic rings. The van der Waals surface area contributed by atoms with Crippen molar-refractivity contribution in [3.8, 4) is 5.75 Å². The summed E-state index contributed by atoms with van der Waals surface area (Å²) in [6, 6.07) is 13.2.